The number of halogens is 1. The molecule has 0 radical (unpaired) electrons. The zero-order valence-electron chi connectivity index (χ0n) is 10.5. The number of aromatic nitrogens is 1. The highest BCUT2D eigenvalue weighted by Gasteiger charge is 2.21. The maximum atomic E-state index is 6.26. The average Bonchev–Trinajstić information content (AvgIpc) is 2.67. The number of alkyl halides is 1. The molecule has 2 atom stereocenters. The van der Waals surface area contributed by atoms with Crippen molar-refractivity contribution in [2.45, 2.75) is 32.6 Å². The minimum atomic E-state index is 0.196. The predicted molar refractivity (Wildman–Crippen MR) is 77.0 cm³/mol. The Morgan fingerprint density at radius 1 is 1.24 bits per heavy atom. The van der Waals surface area contributed by atoms with Crippen LogP contribution in [-0.4, -0.2) is 10.4 Å². The highest BCUT2D eigenvalue weighted by atomic mass is 35.5. The Hall–Kier alpha value is -0.600. The van der Waals surface area contributed by atoms with Gasteiger partial charge in [0.1, 0.15) is 0 Å². The highest BCUT2D eigenvalue weighted by molar-refractivity contribution is 7.18. The fourth-order valence-electron chi connectivity index (χ4n) is 2.14. The molecule has 1 nitrogen and oxygen atoms in total. The number of benzene rings is 1. The maximum absolute atomic E-state index is 6.26. The molecule has 0 aliphatic rings. The van der Waals surface area contributed by atoms with Gasteiger partial charge in [0, 0.05) is 11.8 Å². The van der Waals surface area contributed by atoms with E-state index < -0.39 is 0 Å². The molecule has 1 heterocycles. The van der Waals surface area contributed by atoms with E-state index in [9.17, 15) is 0 Å². The monoisotopic (exact) mass is 267 g/mol. The first-order valence-corrected chi connectivity index (χ1v) is 7.31. The number of hydrogen-bond acceptors (Lipinski definition) is 2. The van der Waals surface area contributed by atoms with Crippen LogP contribution in [-0.2, 0) is 6.42 Å². The van der Waals surface area contributed by atoms with Crippen molar-refractivity contribution >= 4 is 33.2 Å². The molecule has 0 saturated heterocycles. The summed E-state index contributed by atoms with van der Waals surface area (Å²) in [5.41, 5.74) is 1.11. The van der Waals surface area contributed by atoms with Gasteiger partial charge in [0.05, 0.1) is 15.2 Å². The van der Waals surface area contributed by atoms with E-state index >= 15 is 0 Å². The summed E-state index contributed by atoms with van der Waals surface area (Å²) in [7, 11) is 0. The lowest BCUT2D eigenvalue weighted by molar-refractivity contribution is 0.376. The molecular weight excluding hydrogens is 250 g/mol. The Morgan fingerprint density at radius 2 is 1.94 bits per heavy atom. The Kier molecular flexibility index (Phi) is 4.05. The predicted octanol–water partition coefficient (Wildman–Crippen LogP) is 4.74. The van der Waals surface area contributed by atoms with Crippen LogP contribution in [0.5, 0.6) is 0 Å². The molecule has 3 heteroatoms. The van der Waals surface area contributed by atoms with Crippen LogP contribution in [0.2, 0.25) is 0 Å². The first-order chi connectivity index (χ1) is 8.08. The van der Waals surface area contributed by atoms with Gasteiger partial charge in [0.25, 0.3) is 0 Å². The second-order valence-electron chi connectivity index (χ2n) is 4.86. The molecule has 17 heavy (non-hydrogen) atoms. The molecule has 0 aliphatic heterocycles. The molecule has 2 unspecified atom stereocenters. The molecule has 0 N–H and O–H groups in total. The molecular formula is C14H18ClNS. The van der Waals surface area contributed by atoms with Gasteiger partial charge in [-0.1, -0.05) is 26.0 Å². The summed E-state index contributed by atoms with van der Waals surface area (Å²) in [6.07, 6.45) is 0.988. The number of thiazole rings is 1. The second kappa shape index (κ2) is 5.36. The first-order valence-electron chi connectivity index (χ1n) is 6.06. The Morgan fingerprint density at radius 3 is 2.53 bits per heavy atom. The third kappa shape index (κ3) is 2.99. The van der Waals surface area contributed by atoms with E-state index in [0.717, 1.165) is 11.9 Å². The number of nitrogens with zero attached hydrogens (tertiary/aromatic N) is 1. The molecule has 1 aromatic heterocycles. The molecule has 0 spiro atoms. The van der Waals surface area contributed by atoms with Crippen molar-refractivity contribution in [1.82, 2.24) is 4.98 Å². The van der Waals surface area contributed by atoms with Crippen LogP contribution >= 0.6 is 22.9 Å². The maximum Gasteiger partial charge on any atom is 0.0942 e. The van der Waals surface area contributed by atoms with E-state index in [-0.39, 0.29) is 5.38 Å². The van der Waals surface area contributed by atoms with Crippen LogP contribution in [0.1, 0.15) is 25.8 Å². The SMILES string of the molecule is CC(C)C(Cc1nc2ccccc2s1)C(C)Cl. The number of para-hydroxylation sites is 1. The van der Waals surface area contributed by atoms with Gasteiger partial charge in [-0.05, 0) is 30.9 Å². The number of rotatable bonds is 4. The van der Waals surface area contributed by atoms with Gasteiger partial charge in [0.2, 0.25) is 0 Å². The van der Waals surface area contributed by atoms with Gasteiger partial charge < -0.3 is 0 Å². The minimum Gasteiger partial charge on any atom is -0.241 e. The quantitative estimate of drug-likeness (QED) is 0.729. The van der Waals surface area contributed by atoms with E-state index in [4.69, 9.17) is 11.6 Å². The number of fused-ring (bicyclic) bond motifs is 1. The van der Waals surface area contributed by atoms with E-state index in [0.29, 0.717) is 11.8 Å². The van der Waals surface area contributed by atoms with Crippen molar-refractivity contribution in [1.29, 1.82) is 0 Å². The first kappa shape index (κ1) is 12.8. The second-order valence-corrected chi connectivity index (χ2v) is 6.67. The zero-order valence-corrected chi connectivity index (χ0v) is 12.1. The third-order valence-electron chi connectivity index (χ3n) is 3.19. The Labute approximate surface area is 112 Å². The fraction of sp³-hybridized carbons (Fsp3) is 0.500. The summed E-state index contributed by atoms with van der Waals surface area (Å²) in [6.45, 7) is 6.55. The van der Waals surface area contributed by atoms with Crippen LogP contribution in [0, 0.1) is 11.8 Å². The van der Waals surface area contributed by atoms with Gasteiger partial charge in [-0.3, -0.25) is 0 Å². The van der Waals surface area contributed by atoms with Crippen molar-refractivity contribution < 1.29 is 0 Å². The molecule has 0 saturated carbocycles. The lowest BCUT2D eigenvalue weighted by Crippen LogP contribution is -2.20. The summed E-state index contributed by atoms with van der Waals surface area (Å²) in [4.78, 5) is 4.68. The largest absolute Gasteiger partial charge is 0.241 e. The van der Waals surface area contributed by atoms with Crippen molar-refractivity contribution in [2.24, 2.45) is 11.8 Å². The van der Waals surface area contributed by atoms with E-state index in [1.165, 1.54) is 9.71 Å². The fourth-order valence-corrected chi connectivity index (χ4v) is 3.56. The van der Waals surface area contributed by atoms with Crippen LogP contribution in [0.25, 0.3) is 10.2 Å². The summed E-state index contributed by atoms with van der Waals surface area (Å²) in [5.74, 6) is 1.09. The summed E-state index contributed by atoms with van der Waals surface area (Å²) < 4.78 is 1.27. The molecule has 1 aromatic carbocycles. The Bertz CT molecular complexity index is 449. The van der Waals surface area contributed by atoms with E-state index in [2.05, 4.69) is 44.0 Å². The average molecular weight is 268 g/mol. The summed E-state index contributed by atoms with van der Waals surface area (Å²) in [6, 6.07) is 8.30. The summed E-state index contributed by atoms with van der Waals surface area (Å²) >= 11 is 8.05. The van der Waals surface area contributed by atoms with Crippen LogP contribution in [0.3, 0.4) is 0 Å². The Balaban J connectivity index is 2.22. The lowest BCUT2D eigenvalue weighted by atomic mass is 9.90. The topological polar surface area (TPSA) is 12.9 Å². The van der Waals surface area contributed by atoms with Crippen LogP contribution < -0.4 is 0 Å². The van der Waals surface area contributed by atoms with Gasteiger partial charge in [-0.15, -0.1) is 22.9 Å². The molecule has 0 fully saturated rings. The third-order valence-corrected chi connectivity index (χ3v) is 4.58. The van der Waals surface area contributed by atoms with Gasteiger partial charge in [0.15, 0.2) is 0 Å². The smallest absolute Gasteiger partial charge is 0.0942 e. The van der Waals surface area contributed by atoms with E-state index in [1.807, 2.05) is 6.07 Å². The van der Waals surface area contributed by atoms with Crippen LogP contribution in [0.4, 0.5) is 0 Å². The minimum absolute atomic E-state index is 0.196. The van der Waals surface area contributed by atoms with Crippen molar-refractivity contribution in [2.75, 3.05) is 0 Å². The lowest BCUT2D eigenvalue weighted by Gasteiger charge is -2.21. The zero-order chi connectivity index (χ0) is 12.4. The van der Waals surface area contributed by atoms with Crippen molar-refractivity contribution in [3.05, 3.63) is 29.3 Å². The molecule has 0 amide bonds. The summed E-state index contributed by atoms with van der Waals surface area (Å²) in [5, 5.41) is 1.40. The van der Waals surface area contributed by atoms with Crippen molar-refractivity contribution in [3.8, 4) is 0 Å². The van der Waals surface area contributed by atoms with Gasteiger partial charge in [-0.25, -0.2) is 4.98 Å². The normalized spacial score (nSPS) is 15.4. The molecule has 92 valence electrons. The standard InChI is InChI=1S/C14H18ClNS/c1-9(2)11(10(3)15)8-14-16-12-6-4-5-7-13(12)17-14/h4-7,9-11H,8H2,1-3H3. The molecule has 2 aromatic rings. The molecule has 0 bridgehead atoms. The van der Waals surface area contributed by atoms with E-state index in [1.54, 1.807) is 11.3 Å². The van der Waals surface area contributed by atoms with Crippen molar-refractivity contribution in [3.63, 3.8) is 0 Å². The highest BCUT2D eigenvalue weighted by Crippen LogP contribution is 2.28. The van der Waals surface area contributed by atoms with Crippen LogP contribution in [0.15, 0.2) is 24.3 Å². The van der Waals surface area contributed by atoms with Gasteiger partial charge >= 0.3 is 0 Å². The van der Waals surface area contributed by atoms with Gasteiger partial charge in [-0.2, -0.15) is 0 Å². The molecule has 0 aliphatic carbocycles. The number of hydrogen-bond donors (Lipinski definition) is 0. The molecule has 2 rings (SSSR count).